The smallest absolute Gasteiger partial charge is 0.272 e. The fourth-order valence-electron chi connectivity index (χ4n) is 1.81. The van der Waals surface area contributed by atoms with Crippen LogP contribution >= 0.6 is 0 Å². The first kappa shape index (κ1) is 17.4. The number of aliphatic hydroxyl groups excluding tert-OH is 1. The molecule has 0 aromatic heterocycles. The van der Waals surface area contributed by atoms with E-state index >= 15 is 0 Å². The van der Waals surface area contributed by atoms with Gasteiger partial charge in [-0.2, -0.15) is 0 Å². The van der Waals surface area contributed by atoms with Crippen molar-refractivity contribution < 1.29 is 19.5 Å². The molecule has 0 fully saturated rings. The van der Waals surface area contributed by atoms with Gasteiger partial charge in [0.2, 0.25) is 0 Å². The van der Waals surface area contributed by atoms with Crippen molar-refractivity contribution in [2.75, 3.05) is 33.4 Å². The van der Waals surface area contributed by atoms with Crippen LogP contribution in [0, 0.1) is 24.0 Å². The minimum atomic E-state index is -0.656. The fraction of sp³-hybridized carbons (Fsp3) is 0.571. The van der Waals surface area contributed by atoms with Crippen LogP contribution < -0.4 is 10.1 Å². The van der Waals surface area contributed by atoms with E-state index in [1.54, 1.807) is 27.0 Å². The van der Waals surface area contributed by atoms with Crippen molar-refractivity contribution in [1.29, 1.82) is 0 Å². The van der Waals surface area contributed by atoms with Crippen LogP contribution in [-0.2, 0) is 4.74 Å². The molecule has 1 atom stereocenters. The second-order valence-corrected chi connectivity index (χ2v) is 4.82. The average Bonchev–Trinajstić information content (AvgIpc) is 2.43. The number of methoxy groups -OCH3 is 1. The predicted molar refractivity (Wildman–Crippen MR) is 78.8 cm³/mol. The maximum Gasteiger partial charge on any atom is 0.272 e. The zero-order valence-corrected chi connectivity index (χ0v) is 12.6. The Morgan fingerprint density at radius 2 is 2.10 bits per heavy atom. The molecule has 0 amide bonds. The molecule has 1 aromatic rings. The van der Waals surface area contributed by atoms with Crippen molar-refractivity contribution in [3.8, 4) is 5.75 Å². The Morgan fingerprint density at radius 3 is 2.71 bits per heavy atom. The maximum absolute atomic E-state index is 10.8. The topological polar surface area (TPSA) is 93.9 Å². The Balaban J connectivity index is 2.52. The average molecular weight is 298 g/mol. The minimum Gasteiger partial charge on any atom is -0.491 e. The lowest BCUT2D eigenvalue weighted by molar-refractivity contribution is -0.385. The second kappa shape index (κ2) is 8.56. The number of hydrogen-bond donors (Lipinski definition) is 2. The minimum absolute atomic E-state index is 0.0710. The monoisotopic (exact) mass is 298 g/mol. The molecule has 0 aliphatic carbocycles. The van der Waals surface area contributed by atoms with E-state index in [0.717, 1.165) is 0 Å². The normalized spacial score (nSPS) is 12.2. The van der Waals surface area contributed by atoms with Crippen molar-refractivity contribution in [3.63, 3.8) is 0 Å². The summed E-state index contributed by atoms with van der Waals surface area (Å²) < 4.78 is 10.4. The van der Waals surface area contributed by atoms with Crippen LogP contribution in [0.4, 0.5) is 5.69 Å². The van der Waals surface area contributed by atoms with Gasteiger partial charge in [-0.3, -0.25) is 10.1 Å². The van der Waals surface area contributed by atoms with Gasteiger partial charge < -0.3 is 19.9 Å². The summed E-state index contributed by atoms with van der Waals surface area (Å²) in [7, 11) is 1.61. The fourth-order valence-corrected chi connectivity index (χ4v) is 1.81. The van der Waals surface area contributed by atoms with E-state index in [1.807, 2.05) is 0 Å². The van der Waals surface area contributed by atoms with Crippen molar-refractivity contribution in [1.82, 2.24) is 5.32 Å². The number of rotatable bonds is 9. The van der Waals surface area contributed by atoms with Gasteiger partial charge in [0.15, 0.2) is 0 Å². The molecule has 21 heavy (non-hydrogen) atoms. The largest absolute Gasteiger partial charge is 0.491 e. The van der Waals surface area contributed by atoms with Gasteiger partial charge >= 0.3 is 0 Å². The lowest BCUT2D eigenvalue weighted by Crippen LogP contribution is -2.33. The number of benzene rings is 1. The van der Waals surface area contributed by atoms with Crippen molar-refractivity contribution >= 4 is 5.69 Å². The lowest BCUT2D eigenvalue weighted by Gasteiger charge is -2.15. The second-order valence-electron chi connectivity index (χ2n) is 4.82. The Hall–Kier alpha value is -1.70. The van der Waals surface area contributed by atoms with Crippen LogP contribution in [0.1, 0.15) is 11.1 Å². The number of aliphatic hydroxyl groups is 1. The van der Waals surface area contributed by atoms with Gasteiger partial charge in [-0.05, 0) is 25.5 Å². The highest BCUT2D eigenvalue weighted by atomic mass is 16.6. The summed E-state index contributed by atoms with van der Waals surface area (Å²) >= 11 is 0. The molecule has 0 bridgehead atoms. The van der Waals surface area contributed by atoms with Crippen LogP contribution in [0.3, 0.4) is 0 Å². The third-order valence-corrected chi connectivity index (χ3v) is 2.98. The van der Waals surface area contributed by atoms with Crippen LogP contribution in [0.25, 0.3) is 0 Å². The van der Waals surface area contributed by atoms with Gasteiger partial charge in [0, 0.05) is 31.8 Å². The van der Waals surface area contributed by atoms with Crippen LogP contribution in [-0.4, -0.2) is 49.5 Å². The first-order valence-corrected chi connectivity index (χ1v) is 6.71. The molecule has 1 rings (SSSR count). The number of nitrogens with one attached hydrogen (secondary N) is 1. The van der Waals surface area contributed by atoms with Crippen LogP contribution in [0.2, 0.25) is 0 Å². The van der Waals surface area contributed by atoms with E-state index in [-0.39, 0.29) is 12.3 Å². The summed E-state index contributed by atoms with van der Waals surface area (Å²) in [5, 5.41) is 23.6. The van der Waals surface area contributed by atoms with E-state index in [4.69, 9.17) is 9.47 Å². The summed E-state index contributed by atoms with van der Waals surface area (Å²) in [5.41, 5.74) is 1.28. The first-order chi connectivity index (χ1) is 9.95. The number of aryl methyl sites for hydroxylation is 2. The number of hydrogen-bond acceptors (Lipinski definition) is 6. The van der Waals surface area contributed by atoms with Crippen molar-refractivity contribution in [2.45, 2.75) is 20.0 Å². The van der Waals surface area contributed by atoms with Crippen molar-refractivity contribution in [2.24, 2.45) is 0 Å². The maximum atomic E-state index is 10.8. The molecule has 0 saturated heterocycles. The molecule has 0 saturated carbocycles. The summed E-state index contributed by atoms with van der Waals surface area (Å²) in [6.45, 7) is 5.15. The molecule has 0 aliphatic rings. The summed E-state index contributed by atoms with van der Waals surface area (Å²) in [5.74, 6) is 0.550. The Morgan fingerprint density at radius 1 is 1.38 bits per heavy atom. The highest BCUT2D eigenvalue weighted by molar-refractivity contribution is 5.49. The summed E-state index contributed by atoms with van der Waals surface area (Å²) in [6, 6.07) is 3.10. The van der Waals surface area contributed by atoms with E-state index < -0.39 is 11.0 Å². The molecule has 0 spiro atoms. The number of nitrogens with zero attached hydrogens (tertiary/aromatic N) is 1. The molecule has 0 radical (unpaired) electrons. The van der Waals surface area contributed by atoms with Gasteiger partial charge in [0.1, 0.15) is 18.5 Å². The third kappa shape index (κ3) is 5.66. The Kier molecular flexibility index (Phi) is 7.07. The molecule has 1 aromatic carbocycles. The van der Waals surface area contributed by atoms with Gasteiger partial charge in [-0.25, -0.2) is 0 Å². The highest BCUT2D eigenvalue weighted by Gasteiger charge is 2.14. The predicted octanol–water partition coefficient (Wildman–Crippen LogP) is 1.19. The molecule has 0 heterocycles. The number of ether oxygens (including phenoxy) is 2. The molecular weight excluding hydrogens is 276 g/mol. The van der Waals surface area contributed by atoms with E-state index in [2.05, 4.69) is 5.32 Å². The van der Waals surface area contributed by atoms with Gasteiger partial charge in [-0.1, -0.05) is 0 Å². The molecule has 7 heteroatoms. The number of nitro groups is 1. The van der Waals surface area contributed by atoms with Gasteiger partial charge in [0.25, 0.3) is 5.69 Å². The number of nitro benzene ring substituents is 1. The highest BCUT2D eigenvalue weighted by Crippen LogP contribution is 2.27. The first-order valence-electron chi connectivity index (χ1n) is 6.71. The quantitative estimate of drug-likeness (QED) is 0.404. The summed E-state index contributed by atoms with van der Waals surface area (Å²) in [4.78, 5) is 10.4. The molecule has 118 valence electrons. The van der Waals surface area contributed by atoms with E-state index in [0.29, 0.717) is 36.6 Å². The van der Waals surface area contributed by atoms with Crippen molar-refractivity contribution in [3.05, 3.63) is 33.4 Å². The zero-order valence-electron chi connectivity index (χ0n) is 12.6. The standard InChI is InChI=1S/C14H22N2O5/c1-10-7-14(11(2)6-13(10)16(18)19)21-9-12(17)8-15-4-5-20-3/h6-7,12,15,17H,4-5,8-9H2,1-3H3. The molecule has 0 aliphatic heterocycles. The lowest BCUT2D eigenvalue weighted by atomic mass is 10.1. The molecule has 1 unspecified atom stereocenters. The van der Waals surface area contributed by atoms with Crippen LogP contribution in [0.5, 0.6) is 5.75 Å². The summed E-state index contributed by atoms with van der Waals surface area (Å²) in [6.07, 6.45) is -0.656. The molecule has 2 N–H and O–H groups in total. The van der Waals surface area contributed by atoms with Gasteiger partial charge in [0.05, 0.1) is 11.5 Å². The Bertz CT molecular complexity index is 479. The zero-order chi connectivity index (χ0) is 15.8. The third-order valence-electron chi connectivity index (χ3n) is 2.98. The molecular formula is C14H22N2O5. The van der Waals surface area contributed by atoms with Gasteiger partial charge in [-0.15, -0.1) is 0 Å². The molecule has 7 nitrogen and oxygen atoms in total. The van der Waals surface area contributed by atoms with Crippen LogP contribution in [0.15, 0.2) is 12.1 Å². The SMILES string of the molecule is COCCNCC(O)COc1cc(C)c([N+](=O)[O-])cc1C. The van der Waals surface area contributed by atoms with E-state index in [1.165, 1.54) is 6.07 Å². The Labute approximate surface area is 124 Å². The van der Waals surface area contributed by atoms with E-state index in [9.17, 15) is 15.2 Å².